The van der Waals surface area contributed by atoms with Gasteiger partial charge in [-0.1, -0.05) is 36.3 Å². The number of aliphatic hydroxyl groups excluding tert-OH is 1. The lowest BCUT2D eigenvalue weighted by molar-refractivity contribution is -0.111. The molecule has 0 fully saturated rings. The zero-order chi connectivity index (χ0) is 26.1. The van der Waals surface area contributed by atoms with Crippen LogP contribution in [-0.2, 0) is 4.79 Å². The van der Waals surface area contributed by atoms with E-state index in [-0.39, 0.29) is 11.9 Å². The molecular weight excluding hydrogens is 460 g/mol. The predicted molar refractivity (Wildman–Crippen MR) is 142 cm³/mol. The highest BCUT2D eigenvalue weighted by atomic mass is 16.3. The lowest BCUT2D eigenvalue weighted by atomic mass is 10.1. The zero-order valence-corrected chi connectivity index (χ0v) is 19.7. The molecular formula is C25H26N8O3. The first kappa shape index (κ1) is 25.7. The van der Waals surface area contributed by atoms with Gasteiger partial charge in [-0.05, 0) is 61.2 Å². The van der Waals surface area contributed by atoms with Crippen molar-refractivity contribution in [2.75, 3.05) is 17.7 Å². The number of nitrogens with two attached hydrogens (primary N) is 2. The Morgan fingerprint density at radius 3 is 2.47 bits per heavy atom. The van der Waals surface area contributed by atoms with Crippen molar-refractivity contribution in [2.45, 2.75) is 13.2 Å². The van der Waals surface area contributed by atoms with E-state index in [1.165, 1.54) is 0 Å². The van der Waals surface area contributed by atoms with Crippen LogP contribution in [0.25, 0.3) is 10.8 Å². The monoisotopic (exact) mass is 486 g/mol. The zero-order valence-electron chi connectivity index (χ0n) is 19.7. The van der Waals surface area contributed by atoms with Crippen molar-refractivity contribution in [3.8, 4) is 11.8 Å². The van der Waals surface area contributed by atoms with Gasteiger partial charge in [0.05, 0.1) is 5.69 Å². The largest absolute Gasteiger partial charge is 0.374 e. The molecule has 9 N–H and O–H groups in total. The average molecular weight is 487 g/mol. The number of nitrogens with zero attached hydrogens (tertiary/aromatic N) is 2. The fraction of sp³-hybridized carbons (Fsp3) is 0.120. The molecule has 3 amide bonds. The second kappa shape index (κ2) is 12.0. The number of amides is 3. The molecule has 1 atom stereocenters. The van der Waals surface area contributed by atoms with Gasteiger partial charge in [0.15, 0.2) is 0 Å². The van der Waals surface area contributed by atoms with Crippen molar-refractivity contribution < 1.29 is 14.7 Å². The standard InChI is InChI=1S/C25H26N8O3/c1-3-5-21(34)31-20-7-4-6-16-14-18(12-13-19(16)20)30-25(36)33-24(27)32-23(26)29-17-10-8-15(9-11-17)22(35)28-2/h4,6-14,22,28,35H,1-2H3,(H,31,34)(H6,26,27,29,30,32,33,36). The molecule has 0 radical (unpaired) electrons. The third-order valence-electron chi connectivity index (χ3n) is 4.83. The molecule has 0 aliphatic carbocycles. The Labute approximate surface area is 207 Å². The normalized spacial score (nSPS) is 12.3. The smallest absolute Gasteiger partial charge is 0.325 e. The quantitative estimate of drug-likeness (QED) is 0.126. The Hall–Kier alpha value is -4.92. The highest BCUT2D eigenvalue weighted by molar-refractivity contribution is 6.10. The number of hydrogen-bond acceptors (Lipinski definition) is 5. The first-order chi connectivity index (χ1) is 17.3. The molecule has 11 heteroatoms. The van der Waals surface area contributed by atoms with E-state index >= 15 is 0 Å². The second-order valence-electron chi connectivity index (χ2n) is 7.40. The van der Waals surface area contributed by atoms with Crippen LogP contribution in [0, 0.1) is 11.8 Å². The summed E-state index contributed by atoms with van der Waals surface area (Å²) in [5.74, 6) is 4.16. The van der Waals surface area contributed by atoms with Gasteiger partial charge in [-0.25, -0.2) is 9.79 Å². The van der Waals surface area contributed by atoms with Gasteiger partial charge in [-0.2, -0.15) is 4.99 Å². The van der Waals surface area contributed by atoms with E-state index in [1.807, 2.05) is 6.07 Å². The van der Waals surface area contributed by atoms with Crippen LogP contribution < -0.4 is 32.7 Å². The summed E-state index contributed by atoms with van der Waals surface area (Å²) in [5, 5.41) is 21.8. The van der Waals surface area contributed by atoms with Crippen molar-refractivity contribution in [2.24, 2.45) is 21.5 Å². The van der Waals surface area contributed by atoms with E-state index in [0.29, 0.717) is 22.6 Å². The number of fused-ring (bicyclic) bond motifs is 1. The third-order valence-corrected chi connectivity index (χ3v) is 4.83. The lowest BCUT2D eigenvalue weighted by Crippen LogP contribution is -2.40. The van der Waals surface area contributed by atoms with Gasteiger partial charge in [0.25, 0.3) is 5.91 Å². The van der Waals surface area contributed by atoms with E-state index in [0.717, 1.165) is 10.8 Å². The van der Waals surface area contributed by atoms with Gasteiger partial charge in [0, 0.05) is 16.8 Å². The van der Waals surface area contributed by atoms with Crippen LogP contribution in [0.1, 0.15) is 18.7 Å². The number of aliphatic hydroxyl groups is 1. The number of benzene rings is 3. The second-order valence-corrected chi connectivity index (χ2v) is 7.40. The van der Waals surface area contributed by atoms with E-state index in [2.05, 4.69) is 43.1 Å². The fourth-order valence-corrected chi connectivity index (χ4v) is 3.22. The number of carbonyl (C=O) groups is 2. The van der Waals surface area contributed by atoms with E-state index in [9.17, 15) is 14.7 Å². The molecule has 0 aliphatic rings. The molecule has 3 rings (SSSR count). The molecule has 11 nitrogen and oxygen atoms in total. The predicted octanol–water partition coefficient (Wildman–Crippen LogP) is 2.09. The Balaban J connectivity index is 1.64. The summed E-state index contributed by atoms with van der Waals surface area (Å²) in [6, 6.07) is 16.6. The SMILES string of the molecule is CC#CC(=O)Nc1cccc2cc(NC(=O)N/C(N)=N\C(N)=Nc3ccc(C(O)NC)cc3)ccc12. The van der Waals surface area contributed by atoms with Crippen molar-refractivity contribution in [1.29, 1.82) is 0 Å². The number of anilines is 2. The summed E-state index contributed by atoms with van der Waals surface area (Å²) in [6.45, 7) is 1.58. The topological polar surface area (TPSA) is 179 Å². The Morgan fingerprint density at radius 2 is 1.78 bits per heavy atom. The molecule has 0 heterocycles. The Morgan fingerprint density at radius 1 is 1.03 bits per heavy atom. The van der Waals surface area contributed by atoms with Crippen LogP contribution in [-0.4, -0.2) is 36.0 Å². The molecule has 3 aromatic rings. The molecule has 0 aliphatic heterocycles. The van der Waals surface area contributed by atoms with Gasteiger partial charge in [-0.15, -0.1) is 0 Å². The summed E-state index contributed by atoms with van der Waals surface area (Å²) in [7, 11) is 1.64. The van der Waals surface area contributed by atoms with Crippen LogP contribution in [0.4, 0.5) is 21.9 Å². The van der Waals surface area contributed by atoms with E-state index in [1.54, 1.807) is 68.6 Å². The molecule has 0 saturated carbocycles. The maximum absolute atomic E-state index is 12.3. The number of nitrogens with one attached hydrogen (secondary N) is 4. The minimum Gasteiger partial charge on any atom is -0.374 e. The average Bonchev–Trinajstić information content (AvgIpc) is 2.84. The Kier molecular flexibility index (Phi) is 8.55. The highest BCUT2D eigenvalue weighted by Gasteiger charge is 2.08. The van der Waals surface area contributed by atoms with Crippen molar-refractivity contribution in [1.82, 2.24) is 10.6 Å². The van der Waals surface area contributed by atoms with Crippen LogP contribution in [0.2, 0.25) is 0 Å². The molecule has 0 saturated heterocycles. The molecule has 0 bridgehead atoms. The summed E-state index contributed by atoms with van der Waals surface area (Å²) in [5.41, 5.74) is 13.8. The number of hydrogen-bond donors (Lipinski definition) is 7. The highest BCUT2D eigenvalue weighted by Crippen LogP contribution is 2.26. The molecule has 0 spiro atoms. The lowest BCUT2D eigenvalue weighted by Gasteiger charge is -2.10. The minimum absolute atomic E-state index is 0.164. The maximum atomic E-state index is 12.3. The number of guanidine groups is 2. The van der Waals surface area contributed by atoms with E-state index < -0.39 is 18.2 Å². The summed E-state index contributed by atoms with van der Waals surface area (Å²) < 4.78 is 0. The molecule has 1 unspecified atom stereocenters. The van der Waals surface area contributed by atoms with Gasteiger partial charge in [-0.3, -0.25) is 15.4 Å². The van der Waals surface area contributed by atoms with Crippen LogP contribution in [0.3, 0.4) is 0 Å². The fourth-order valence-electron chi connectivity index (χ4n) is 3.22. The molecule has 3 aromatic carbocycles. The third kappa shape index (κ3) is 7.04. The first-order valence-corrected chi connectivity index (χ1v) is 10.8. The Bertz CT molecular complexity index is 1390. The number of rotatable bonds is 5. The number of carbonyl (C=O) groups excluding carboxylic acids is 2. The summed E-state index contributed by atoms with van der Waals surface area (Å²) in [6.07, 6.45) is -0.789. The van der Waals surface area contributed by atoms with Crippen molar-refractivity contribution in [3.05, 3.63) is 66.2 Å². The maximum Gasteiger partial charge on any atom is 0.325 e. The molecule has 0 aromatic heterocycles. The van der Waals surface area contributed by atoms with Gasteiger partial charge in [0.2, 0.25) is 11.9 Å². The van der Waals surface area contributed by atoms with Crippen LogP contribution in [0.15, 0.2) is 70.6 Å². The van der Waals surface area contributed by atoms with Crippen LogP contribution >= 0.6 is 0 Å². The first-order valence-electron chi connectivity index (χ1n) is 10.8. The van der Waals surface area contributed by atoms with Gasteiger partial charge >= 0.3 is 6.03 Å². The molecule has 184 valence electrons. The van der Waals surface area contributed by atoms with Crippen molar-refractivity contribution in [3.63, 3.8) is 0 Å². The summed E-state index contributed by atoms with van der Waals surface area (Å²) in [4.78, 5) is 32.1. The van der Waals surface area contributed by atoms with E-state index in [4.69, 9.17) is 11.5 Å². The number of aliphatic imine (C=N–C) groups is 2. The van der Waals surface area contributed by atoms with Crippen molar-refractivity contribution >= 4 is 51.7 Å². The van der Waals surface area contributed by atoms with Gasteiger partial charge in [0.1, 0.15) is 6.23 Å². The summed E-state index contributed by atoms with van der Waals surface area (Å²) >= 11 is 0. The van der Waals surface area contributed by atoms with Crippen LogP contribution in [0.5, 0.6) is 0 Å². The molecule has 36 heavy (non-hydrogen) atoms. The minimum atomic E-state index is -0.789. The number of urea groups is 1. The van der Waals surface area contributed by atoms with Gasteiger partial charge < -0.3 is 27.2 Å².